The number of aromatic nitrogens is 5. The van der Waals surface area contributed by atoms with Gasteiger partial charge in [-0.25, -0.2) is 19.9 Å². The summed E-state index contributed by atoms with van der Waals surface area (Å²) in [7, 11) is 0. The van der Waals surface area contributed by atoms with Gasteiger partial charge in [0.25, 0.3) is 0 Å². The molecule has 50 heavy (non-hydrogen) atoms. The van der Waals surface area contributed by atoms with Crippen molar-refractivity contribution in [2.75, 3.05) is 0 Å². The summed E-state index contributed by atoms with van der Waals surface area (Å²) in [4.78, 5) is 24.6. The Hall–Kier alpha value is -6.85. The Morgan fingerprint density at radius 2 is 0.880 bits per heavy atom. The molecular formula is C45H29N5. The fourth-order valence-corrected chi connectivity index (χ4v) is 6.54. The molecule has 0 bridgehead atoms. The van der Waals surface area contributed by atoms with Gasteiger partial charge < -0.3 is 0 Å². The van der Waals surface area contributed by atoms with E-state index in [-0.39, 0.29) is 0 Å². The molecule has 5 heteroatoms. The zero-order valence-electron chi connectivity index (χ0n) is 27.0. The quantitative estimate of drug-likeness (QED) is 0.169. The van der Waals surface area contributed by atoms with Gasteiger partial charge in [0.2, 0.25) is 0 Å². The van der Waals surface area contributed by atoms with Gasteiger partial charge in [-0.3, -0.25) is 4.98 Å². The summed E-state index contributed by atoms with van der Waals surface area (Å²) in [6.45, 7) is 0. The van der Waals surface area contributed by atoms with E-state index in [1.54, 1.807) is 0 Å². The van der Waals surface area contributed by atoms with Crippen molar-refractivity contribution in [1.82, 2.24) is 24.9 Å². The van der Waals surface area contributed by atoms with E-state index in [2.05, 4.69) is 91.0 Å². The Morgan fingerprint density at radius 3 is 1.48 bits per heavy atom. The Kier molecular flexibility index (Phi) is 7.41. The molecule has 0 saturated carbocycles. The monoisotopic (exact) mass is 639 g/mol. The van der Waals surface area contributed by atoms with Crippen LogP contribution >= 0.6 is 0 Å². The third kappa shape index (κ3) is 5.47. The third-order valence-corrected chi connectivity index (χ3v) is 8.99. The van der Waals surface area contributed by atoms with Gasteiger partial charge in [0, 0.05) is 39.0 Å². The van der Waals surface area contributed by atoms with Crippen LogP contribution in [0.3, 0.4) is 0 Å². The topological polar surface area (TPSA) is 64.5 Å². The van der Waals surface area contributed by atoms with E-state index >= 15 is 0 Å². The first-order chi connectivity index (χ1) is 24.8. The minimum absolute atomic E-state index is 0.629. The van der Waals surface area contributed by atoms with E-state index in [0.717, 1.165) is 55.5 Å². The molecule has 0 fully saturated rings. The molecule has 0 aliphatic rings. The summed E-state index contributed by atoms with van der Waals surface area (Å²) in [6, 6.07) is 58.0. The van der Waals surface area contributed by atoms with E-state index < -0.39 is 0 Å². The van der Waals surface area contributed by atoms with Crippen molar-refractivity contribution in [2.24, 2.45) is 0 Å². The molecule has 0 aliphatic carbocycles. The molecule has 0 atom stereocenters. The van der Waals surface area contributed by atoms with Crippen LogP contribution in [0.1, 0.15) is 0 Å². The fourth-order valence-electron chi connectivity index (χ4n) is 6.54. The second-order valence-electron chi connectivity index (χ2n) is 12.1. The average molecular weight is 640 g/mol. The highest BCUT2D eigenvalue weighted by molar-refractivity contribution is 6.17. The molecule has 0 saturated heterocycles. The van der Waals surface area contributed by atoms with Crippen LogP contribution in [0.4, 0.5) is 0 Å². The van der Waals surface area contributed by atoms with Crippen molar-refractivity contribution < 1.29 is 0 Å². The van der Waals surface area contributed by atoms with Gasteiger partial charge >= 0.3 is 0 Å². The van der Waals surface area contributed by atoms with E-state index in [4.69, 9.17) is 24.9 Å². The predicted molar refractivity (Wildman–Crippen MR) is 203 cm³/mol. The number of benzene rings is 6. The lowest BCUT2D eigenvalue weighted by atomic mass is 9.92. The van der Waals surface area contributed by atoms with Gasteiger partial charge in [0.1, 0.15) is 0 Å². The maximum absolute atomic E-state index is 5.25. The lowest BCUT2D eigenvalue weighted by Crippen LogP contribution is -2.00. The van der Waals surface area contributed by atoms with Crippen molar-refractivity contribution in [2.45, 2.75) is 0 Å². The minimum Gasteiger partial charge on any atom is -0.255 e. The largest absolute Gasteiger partial charge is 0.255 e. The standard InChI is InChI=1S/C45H29N5/c1-4-13-31(14-5-1)36-19-12-20-38-41(36)37-27-26-35(29-40(37)47-42(38)39-21-10-11-28-46-39)30-22-24-34(25-23-30)45-49-43(32-15-6-2-7-16-32)48-44(50-45)33-17-8-3-9-18-33/h1-29H. The molecule has 0 N–H and O–H groups in total. The van der Waals surface area contributed by atoms with Crippen LogP contribution in [-0.4, -0.2) is 24.9 Å². The Bertz CT molecular complexity index is 2550. The maximum atomic E-state index is 5.25. The van der Waals surface area contributed by atoms with Gasteiger partial charge in [-0.1, -0.05) is 152 Å². The molecule has 0 unspecified atom stereocenters. The molecule has 0 spiro atoms. The van der Waals surface area contributed by atoms with Gasteiger partial charge in [0.15, 0.2) is 17.5 Å². The molecule has 234 valence electrons. The van der Waals surface area contributed by atoms with Crippen LogP contribution in [0.2, 0.25) is 0 Å². The molecule has 9 aromatic rings. The highest BCUT2D eigenvalue weighted by atomic mass is 15.0. The Labute approximate surface area is 289 Å². The van der Waals surface area contributed by atoms with Crippen LogP contribution in [0, 0.1) is 0 Å². The molecule has 5 nitrogen and oxygen atoms in total. The van der Waals surface area contributed by atoms with Crippen molar-refractivity contribution >= 4 is 21.7 Å². The molecule has 0 aliphatic heterocycles. The molecule has 3 aromatic heterocycles. The smallest absolute Gasteiger partial charge is 0.164 e. The Balaban J connectivity index is 1.16. The first-order valence-corrected chi connectivity index (χ1v) is 16.6. The number of rotatable bonds is 6. The lowest BCUT2D eigenvalue weighted by Gasteiger charge is -2.15. The van der Waals surface area contributed by atoms with E-state index in [1.165, 1.54) is 16.5 Å². The number of pyridine rings is 2. The van der Waals surface area contributed by atoms with Crippen molar-refractivity contribution in [3.63, 3.8) is 0 Å². The van der Waals surface area contributed by atoms with Crippen LogP contribution < -0.4 is 0 Å². The first-order valence-electron chi connectivity index (χ1n) is 16.6. The first kappa shape index (κ1) is 29.3. The highest BCUT2D eigenvalue weighted by Gasteiger charge is 2.17. The van der Waals surface area contributed by atoms with Gasteiger partial charge in [-0.2, -0.15) is 0 Å². The zero-order valence-corrected chi connectivity index (χ0v) is 27.0. The summed E-state index contributed by atoms with van der Waals surface area (Å²) in [5.74, 6) is 1.92. The zero-order chi connectivity index (χ0) is 33.3. The molecule has 9 rings (SSSR count). The fraction of sp³-hybridized carbons (Fsp3) is 0. The van der Waals surface area contributed by atoms with E-state index in [0.29, 0.717) is 17.5 Å². The third-order valence-electron chi connectivity index (χ3n) is 8.99. The summed E-state index contributed by atoms with van der Waals surface area (Å²) < 4.78 is 0. The van der Waals surface area contributed by atoms with Gasteiger partial charge in [-0.15, -0.1) is 0 Å². The Morgan fingerprint density at radius 1 is 0.340 bits per heavy atom. The number of fused-ring (bicyclic) bond motifs is 3. The van der Waals surface area contributed by atoms with Crippen LogP contribution in [0.15, 0.2) is 176 Å². The number of nitrogens with zero attached hydrogens (tertiary/aromatic N) is 5. The van der Waals surface area contributed by atoms with E-state index in [1.807, 2.05) is 85.1 Å². The van der Waals surface area contributed by atoms with Crippen molar-refractivity contribution in [3.05, 3.63) is 176 Å². The summed E-state index contributed by atoms with van der Waals surface area (Å²) in [6.07, 6.45) is 1.82. The van der Waals surface area contributed by atoms with E-state index in [9.17, 15) is 0 Å². The van der Waals surface area contributed by atoms with Crippen LogP contribution in [0.25, 0.3) is 89.5 Å². The van der Waals surface area contributed by atoms with Crippen molar-refractivity contribution in [3.8, 4) is 67.8 Å². The minimum atomic E-state index is 0.629. The highest BCUT2D eigenvalue weighted by Crippen LogP contribution is 2.39. The summed E-state index contributed by atoms with van der Waals surface area (Å²) in [5.41, 5.74) is 9.94. The number of hydrogen-bond acceptors (Lipinski definition) is 5. The lowest BCUT2D eigenvalue weighted by molar-refractivity contribution is 1.07. The summed E-state index contributed by atoms with van der Waals surface area (Å²) in [5, 5.41) is 3.35. The molecule has 0 amide bonds. The second kappa shape index (κ2) is 12.6. The van der Waals surface area contributed by atoms with Gasteiger partial charge in [0.05, 0.1) is 16.9 Å². The molecule has 0 radical (unpaired) electrons. The van der Waals surface area contributed by atoms with Gasteiger partial charge in [-0.05, 0) is 40.5 Å². The van der Waals surface area contributed by atoms with Crippen LogP contribution in [-0.2, 0) is 0 Å². The SMILES string of the molecule is c1ccc(-c2nc(-c3ccccc3)nc(-c3ccc(-c4ccc5c(c4)nc(-c4ccccn4)c4cccc(-c6ccccc6)c45)cc3)n2)cc1. The average Bonchev–Trinajstić information content (AvgIpc) is 3.21. The number of hydrogen-bond donors (Lipinski definition) is 0. The molecular weight excluding hydrogens is 611 g/mol. The predicted octanol–water partition coefficient (Wildman–Crippen LogP) is 11.0. The molecule has 3 heterocycles. The normalized spacial score (nSPS) is 11.2. The summed E-state index contributed by atoms with van der Waals surface area (Å²) >= 11 is 0. The second-order valence-corrected chi connectivity index (χ2v) is 12.1. The van der Waals surface area contributed by atoms with Crippen LogP contribution in [0.5, 0.6) is 0 Å². The maximum Gasteiger partial charge on any atom is 0.164 e. The van der Waals surface area contributed by atoms with Crippen molar-refractivity contribution in [1.29, 1.82) is 0 Å². The molecule has 6 aromatic carbocycles.